The largest absolute Gasteiger partial charge is 0.423 e. The summed E-state index contributed by atoms with van der Waals surface area (Å²) in [4.78, 5) is 43.6. The molecule has 1 heterocycles. The predicted molar refractivity (Wildman–Crippen MR) is 126 cm³/mol. The van der Waals surface area contributed by atoms with Gasteiger partial charge in [-0.1, -0.05) is 12.2 Å². The van der Waals surface area contributed by atoms with Crippen molar-refractivity contribution in [2.45, 2.75) is 17.7 Å². The number of aliphatic imine (C=N–C) groups is 1. The lowest BCUT2D eigenvalue weighted by molar-refractivity contribution is -0.139. The minimum absolute atomic E-state index is 0.0523. The summed E-state index contributed by atoms with van der Waals surface area (Å²) < 4.78 is 5.41. The third-order valence-corrected chi connectivity index (χ3v) is 6.57. The van der Waals surface area contributed by atoms with E-state index >= 15 is 0 Å². The number of allylic oxidation sites excluding steroid dienone is 2. The Morgan fingerprint density at radius 2 is 1.58 bits per heavy atom. The Kier molecular flexibility index (Phi) is 6.79. The number of imide groups is 1. The molecule has 9 heteroatoms. The van der Waals surface area contributed by atoms with Gasteiger partial charge in [-0.25, -0.2) is 9.79 Å². The van der Waals surface area contributed by atoms with Crippen LogP contribution in [-0.2, 0) is 9.59 Å². The number of carbonyl (C=O) groups excluding carboxylic acids is 3. The molecular formula is C24H24N4O4S. The summed E-state index contributed by atoms with van der Waals surface area (Å²) in [7, 11) is 0. The van der Waals surface area contributed by atoms with Crippen molar-refractivity contribution in [1.29, 1.82) is 0 Å². The molecule has 33 heavy (non-hydrogen) atoms. The van der Waals surface area contributed by atoms with E-state index in [4.69, 9.17) is 16.2 Å². The van der Waals surface area contributed by atoms with Gasteiger partial charge in [-0.15, -0.1) is 11.8 Å². The number of benzene rings is 2. The molecule has 2 aromatic rings. The molecule has 4 N–H and O–H groups in total. The fourth-order valence-corrected chi connectivity index (χ4v) is 4.77. The number of hydrogen-bond donors (Lipinski definition) is 2. The van der Waals surface area contributed by atoms with Crippen molar-refractivity contribution in [1.82, 2.24) is 4.90 Å². The first-order valence-corrected chi connectivity index (χ1v) is 11.6. The average Bonchev–Trinajstić information content (AvgIpc) is 3.05. The second kappa shape index (κ2) is 9.91. The number of ether oxygens (including phenoxy) is 1. The van der Waals surface area contributed by atoms with Crippen molar-refractivity contribution < 1.29 is 19.1 Å². The first-order chi connectivity index (χ1) is 15.9. The van der Waals surface area contributed by atoms with Gasteiger partial charge in [-0.2, -0.15) is 0 Å². The van der Waals surface area contributed by atoms with E-state index in [-0.39, 0.29) is 29.6 Å². The molecular weight excluding hydrogens is 440 g/mol. The smallest absolute Gasteiger partial charge is 0.343 e. The summed E-state index contributed by atoms with van der Waals surface area (Å²) in [5.41, 5.74) is 11.6. The molecule has 2 atom stereocenters. The molecule has 0 saturated carbocycles. The van der Waals surface area contributed by atoms with Gasteiger partial charge in [-0.3, -0.25) is 14.5 Å². The molecule has 1 saturated heterocycles. The molecule has 1 aliphatic carbocycles. The number of hydrogen-bond acceptors (Lipinski definition) is 6. The monoisotopic (exact) mass is 464 g/mol. The summed E-state index contributed by atoms with van der Waals surface area (Å²) in [6, 6.07) is 13.5. The van der Waals surface area contributed by atoms with Crippen molar-refractivity contribution in [3.63, 3.8) is 0 Å². The predicted octanol–water partition coefficient (Wildman–Crippen LogP) is 2.85. The number of amides is 2. The third-order valence-electron chi connectivity index (χ3n) is 5.58. The van der Waals surface area contributed by atoms with E-state index in [0.29, 0.717) is 42.1 Å². The molecule has 2 aliphatic rings. The van der Waals surface area contributed by atoms with Crippen molar-refractivity contribution in [2.75, 3.05) is 12.3 Å². The van der Waals surface area contributed by atoms with E-state index in [0.717, 1.165) is 4.90 Å². The van der Waals surface area contributed by atoms with Crippen molar-refractivity contribution in [2.24, 2.45) is 28.3 Å². The Morgan fingerprint density at radius 3 is 2.15 bits per heavy atom. The van der Waals surface area contributed by atoms with Gasteiger partial charge in [0.25, 0.3) is 0 Å². The second-order valence-electron chi connectivity index (χ2n) is 7.78. The zero-order chi connectivity index (χ0) is 23.4. The second-order valence-corrected chi connectivity index (χ2v) is 8.95. The Bertz CT molecular complexity index is 1080. The summed E-state index contributed by atoms with van der Waals surface area (Å²) in [6.07, 6.45) is 5.28. The summed E-state index contributed by atoms with van der Waals surface area (Å²) >= 11 is 1.54. The van der Waals surface area contributed by atoms with Crippen LogP contribution in [0.5, 0.6) is 5.75 Å². The van der Waals surface area contributed by atoms with E-state index in [1.54, 1.807) is 36.4 Å². The molecule has 0 radical (unpaired) electrons. The zero-order valence-electron chi connectivity index (χ0n) is 17.8. The maximum atomic E-state index is 12.5. The van der Waals surface area contributed by atoms with E-state index < -0.39 is 5.97 Å². The van der Waals surface area contributed by atoms with Gasteiger partial charge in [0.15, 0.2) is 5.96 Å². The van der Waals surface area contributed by atoms with E-state index in [1.165, 1.54) is 16.7 Å². The molecule has 1 aliphatic heterocycles. The maximum absolute atomic E-state index is 12.5. The highest BCUT2D eigenvalue weighted by Gasteiger charge is 2.46. The van der Waals surface area contributed by atoms with Crippen LogP contribution in [0.1, 0.15) is 23.2 Å². The third kappa shape index (κ3) is 5.25. The molecule has 8 nitrogen and oxygen atoms in total. The average molecular weight is 465 g/mol. The lowest BCUT2D eigenvalue weighted by Crippen LogP contribution is -2.33. The Morgan fingerprint density at radius 1 is 0.970 bits per heavy atom. The molecule has 2 amide bonds. The van der Waals surface area contributed by atoms with Gasteiger partial charge >= 0.3 is 5.97 Å². The summed E-state index contributed by atoms with van der Waals surface area (Å²) in [5, 5.41) is 0. The fraction of sp³-hybridized carbons (Fsp3) is 0.250. The van der Waals surface area contributed by atoms with Crippen LogP contribution in [0.25, 0.3) is 0 Å². The lowest BCUT2D eigenvalue weighted by Gasteiger charge is -2.14. The number of fused-ring (bicyclic) bond motifs is 1. The number of guanidine groups is 1. The Balaban J connectivity index is 1.27. The van der Waals surface area contributed by atoms with Crippen LogP contribution in [0, 0.1) is 11.8 Å². The molecule has 170 valence electrons. The molecule has 4 rings (SSSR count). The number of esters is 1. The molecule has 0 unspecified atom stereocenters. The van der Waals surface area contributed by atoms with Crippen LogP contribution in [-0.4, -0.2) is 40.9 Å². The molecule has 0 spiro atoms. The summed E-state index contributed by atoms with van der Waals surface area (Å²) in [5.74, 6) is -0.0171. The van der Waals surface area contributed by atoms with E-state index in [9.17, 15) is 14.4 Å². The number of likely N-dealkylation sites (tertiary alicyclic amines) is 1. The van der Waals surface area contributed by atoms with Crippen LogP contribution in [0.15, 0.2) is 70.6 Å². The SMILES string of the molecule is NC(N)=Nc1ccc(C(=O)Oc2ccc(SCCN3C(=O)[C@H]4CC=CC[C@H]4C3=O)cc2)cc1. The van der Waals surface area contributed by atoms with Crippen LogP contribution >= 0.6 is 11.8 Å². The van der Waals surface area contributed by atoms with Gasteiger partial charge in [-0.05, 0) is 61.4 Å². The minimum Gasteiger partial charge on any atom is -0.423 e. The minimum atomic E-state index is -0.492. The Labute approximate surface area is 195 Å². The van der Waals surface area contributed by atoms with Crippen molar-refractivity contribution >= 4 is 41.2 Å². The first-order valence-electron chi connectivity index (χ1n) is 10.6. The molecule has 2 aromatic carbocycles. The van der Waals surface area contributed by atoms with E-state index in [1.807, 2.05) is 24.3 Å². The van der Waals surface area contributed by atoms with Gasteiger partial charge in [0.1, 0.15) is 5.75 Å². The van der Waals surface area contributed by atoms with Crippen LogP contribution in [0.4, 0.5) is 5.69 Å². The standard InChI is InChI=1S/C24H24N4O4S/c25-24(26)27-16-7-5-15(6-8-16)23(31)32-17-9-11-18(12-10-17)33-14-13-28-21(29)19-3-1-2-4-20(19)22(28)30/h1-2,5-12,19-20H,3-4,13-14H2,(H4,25,26,27)/t19-,20+. The number of nitrogens with two attached hydrogens (primary N) is 2. The van der Waals surface area contributed by atoms with Gasteiger partial charge in [0.05, 0.1) is 23.1 Å². The van der Waals surface area contributed by atoms with Gasteiger partial charge < -0.3 is 16.2 Å². The highest BCUT2D eigenvalue weighted by atomic mass is 32.2. The fourth-order valence-electron chi connectivity index (χ4n) is 3.94. The van der Waals surface area contributed by atoms with Crippen LogP contribution in [0.3, 0.4) is 0 Å². The molecule has 0 bridgehead atoms. The van der Waals surface area contributed by atoms with Gasteiger partial charge in [0.2, 0.25) is 11.8 Å². The first kappa shape index (κ1) is 22.6. The number of thioether (sulfide) groups is 1. The van der Waals surface area contributed by atoms with Crippen LogP contribution < -0.4 is 16.2 Å². The van der Waals surface area contributed by atoms with Crippen molar-refractivity contribution in [3.8, 4) is 5.75 Å². The number of rotatable bonds is 7. The lowest BCUT2D eigenvalue weighted by atomic mass is 9.85. The summed E-state index contributed by atoms with van der Waals surface area (Å²) in [6.45, 7) is 0.391. The normalized spacial score (nSPS) is 19.3. The van der Waals surface area contributed by atoms with Crippen molar-refractivity contribution in [3.05, 3.63) is 66.2 Å². The quantitative estimate of drug-likeness (QED) is 0.123. The molecule has 1 fully saturated rings. The Hall–Kier alpha value is -3.59. The van der Waals surface area contributed by atoms with Crippen LogP contribution in [0.2, 0.25) is 0 Å². The highest BCUT2D eigenvalue weighted by molar-refractivity contribution is 7.99. The topological polar surface area (TPSA) is 128 Å². The number of carbonyl (C=O) groups is 3. The number of nitrogens with zero attached hydrogens (tertiary/aromatic N) is 2. The molecule has 0 aromatic heterocycles. The van der Waals surface area contributed by atoms with E-state index in [2.05, 4.69) is 4.99 Å². The maximum Gasteiger partial charge on any atom is 0.343 e. The van der Waals surface area contributed by atoms with Gasteiger partial charge in [0, 0.05) is 17.2 Å². The highest BCUT2D eigenvalue weighted by Crippen LogP contribution is 2.35. The zero-order valence-corrected chi connectivity index (χ0v) is 18.7.